The van der Waals surface area contributed by atoms with E-state index in [1.54, 1.807) is 23.5 Å². The minimum atomic E-state index is -0.254. The largest absolute Gasteiger partial charge is 0.518 e. The van der Waals surface area contributed by atoms with Gasteiger partial charge in [0, 0.05) is 26.9 Å². The molecule has 0 saturated carbocycles. The van der Waals surface area contributed by atoms with Crippen LogP contribution < -0.4 is 10.9 Å². The van der Waals surface area contributed by atoms with Crippen LogP contribution in [0.3, 0.4) is 0 Å². The van der Waals surface area contributed by atoms with Crippen molar-refractivity contribution in [3.8, 4) is 0 Å². The van der Waals surface area contributed by atoms with Gasteiger partial charge in [-0.05, 0) is 23.2 Å². The van der Waals surface area contributed by atoms with Gasteiger partial charge in [-0.3, -0.25) is 9.98 Å². The lowest BCUT2D eigenvalue weighted by Gasteiger charge is -2.01. The van der Waals surface area contributed by atoms with Crippen LogP contribution in [-0.2, 0) is 0 Å². The number of nitrogens with zero attached hydrogens (tertiary/aromatic N) is 4. The van der Waals surface area contributed by atoms with Gasteiger partial charge >= 0.3 is 4.33 Å². The Kier molecular flexibility index (Phi) is 3.09. The van der Waals surface area contributed by atoms with Gasteiger partial charge in [0.05, 0.1) is 23.5 Å². The molecule has 0 unspecified atom stereocenters. The third kappa shape index (κ3) is 1.73. The highest BCUT2D eigenvalue weighted by Crippen LogP contribution is 2.48. The first kappa shape index (κ1) is 13.0. The molecule has 2 fully saturated rings. The quantitative estimate of drug-likeness (QED) is 0.741. The molecule has 0 atom stereocenters. The van der Waals surface area contributed by atoms with Crippen LogP contribution in [0.5, 0.6) is 0 Å². The molecule has 0 amide bonds. The molecule has 3 heterocycles. The van der Waals surface area contributed by atoms with Crippen molar-refractivity contribution >= 4 is 45.3 Å². The number of hydrazine groups is 2. The van der Waals surface area contributed by atoms with E-state index in [1.807, 2.05) is 13.8 Å². The van der Waals surface area contributed by atoms with E-state index in [2.05, 4.69) is 44.1 Å². The maximum atomic E-state index is 4.49. The fraction of sp³-hybridized carbons (Fsp3) is 0.636. The minimum Gasteiger partial charge on any atom is -0.258 e. The van der Waals surface area contributed by atoms with Gasteiger partial charge in [0.15, 0.2) is 0 Å². The summed E-state index contributed by atoms with van der Waals surface area (Å²) in [5.74, 6) is 0. The SMILES string of the molecule is CCN=C1N[N+]2=C(C)C(C)=[N+]3NC(=NCC)SC23S1. The molecule has 0 radical (unpaired) electrons. The van der Waals surface area contributed by atoms with E-state index in [9.17, 15) is 0 Å². The Balaban J connectivity index is 2.05. The summed E-state index contributed by atoms with van der Waals surface area (Å²) < 4.78 is 4.10. The number of hydrazone groups is 2. The molecule has 2 N–H and O–H groups in total. The van der Waals surface area contributed by atoms with Gasteiger partial charge in [-0.2, -0.15) is 0 Å². The van der Waals surface area contributed by atoms with Crippen LogP contribution in [0.25, 0.3) is 0 Å². The minimum absolute atomic E-state index is 0.254. The normalized spacial score (nSPS) is 33.1. The van der Waals surface area contributed by atoms with Crippen molar-refractivity contribution in [3.05, 3.63) is 0 Å². The first-order valence-corrected chi connectivity index (χ1v) is 8.04. The second-order valence-electron chi connectivity index (χ2n) is 4.38. The van der Waals surface area contributed by atoms with Gasteiger partial charge in [0.1, 0.15) is 0 Å². The van der Waals surface area contributed by atoms with Crippen LogP contribution in [-0.4, -0.2) is 48.5 Å². The Labute approximate surface area is 121 Å². The number of rotatable bonds is 2. The average molecular weight is 298 g/mol. The summed E-state index contributed by atoms with van der Waals surface area (Å²) in [6, 6.07) is 0. The second kappa shape index (κ2) is 4.52. The van der Waals surface area contributed by atoms with E-state index >= 15 is 0 Å². The Morgan fingerprint density at radius 2 is 1.37 bits per heavy atom. The zero-order chi connectivity index (χ0) is 13.6. The van der Waals surface area contributed by atoms with Crippen LogP contribution in [0.1, 0.15) is 27.7 Å². The van der Waals surface area contributed by atoms with Crippen LogP contribution in [0.15, 0.2) is 9.98 Å². The molecule has 102 valence electrons. The zero-order valence-corrected chi connectivity index (χ0v) is 13.2. The monoisotopic (exact) mass is 298 g/mol. The standard InChI is InChI=1S/C11H17N6S2/c1-5-12-9-14-16-7(3)8(4)17-11(16,18-9)19-10(15-17)13-6-2/h5-6H2,1-4H3,(H,12,14)/q+1/p+1. The van der Waals surface area contributed by atoms with E-state index in [1.165, 1.54) is 11.4 Å². The topological polar surface area (TPSA) is 54.8 Å². The van der Waals surface area contributed by atoms with E-state index in [0.29, 0.717) is 0 Å². The molecule has 1 spiro atoms. The fourth-order valence-corrected chi connectivity index (χ4v) is 5.17. The van der Waals surface area contributed by atoms with Crippen LogP contribution >= 0.6 is 23.5 Å². The Bertz CT molecular complexity index is 510. The van der Waals surface area contributed by atoms with Gasteiger partial charge in [0.2, 0.25) is 10.3 Å². The lowest BCUT2D eigenvalue weighted by atomic mass is 10.3. The highest BCUT2D eigenvalue weighted by Gasteiger charge is 2.74. The van der Waals surface area contributed by atoms with Crippen molar-refractivity contribution in [3.63, 3.8) is 0 Å². The summed E-state index contributed by atoms with van der Waals surface area (Å²) in [5, 5.41) is 1.93. The smallest absolute Gasteiger partial charge is 0.258 e. The highest BCUT2D eigenvalue weighted by atomic mass is 32.2. The van der Waals surface area contributed by atoms with Gasteiger partial charge in [-0.1, -0.05) is 0 Å². The molecule has 2 saturated heterocycles. The van der Waals surface area contributed by atoms with Gasteiger partial charge in [0.25, 0.3) is 11.4 Å². The predicted molar refractivity (Wildman–Crippen MR) is 82.0 cm³/mol. The average Bonchev–Trinajstić information content (AvgIpc) is 2.95. The molecule has 6 nitrogen and oxygen atoms in total. The Morgan fingerprint density at radius 1 is 0.947 bits per heavy atom. The predicted octanol–water partition coefficient (Wildman–Crippen LogP) is 0.813. The van der Waals surface area contributed by atoms with Crippen molar-refractivity contribution in [1.29, 1.82) is 0 Å². The summed E-state index contributed by atoms with van der Waals surface area (Å²) in [6.45, 7) is 9.91. The molecule has 3 aliphatic rings. The van der Waals surface area contributed by atoms with E-state index in [-0.39, 0.29) is 4.33 Å². The van der Waals surface area contributed by atoms with Crippen LogP contribution in [0.2, 0.25) is 0 Å². The number of hydrogen-bond donors (Lipinski definition) is 2. The first-order chi connectivity index (χ1) is 9.12. The molecule has 0 aromatic rings. The summed E-state index contributed by atoms with van der Waals surface area (Å²) in [5.41, 5.74) is 9.20. The third-order valence-electron chi connectivity index (χ3n) is 3.24. The lowest BCUT2D eigenvalue weighted by molar-refractivity contribution is -0.779. The van der Waals surface area contributed by atoms with Crippen molar-refractivity contribution in [2.45, 2.75) is 32.0 Å². The molecule has 0 aromatic heterocycles. The Hall–Kier alpha value is -1.02. The molecule has 19 heavy (non-hydrogen) atoms. The number of amidine groups is 2. The summed E-state index contributed by atoms with van der Waals surface area (Å²) in [4.78, 5) is 8.98. The number of nitrogens with one attached hydrogen (secondary N) is 2. The molecule has 8 heteroatoms. The maximum absolute atomic E-state index is 4.49. The maximum Gasteiger partial charge on any atom is 0.518 e. The summed E-state index contributed by atoms with van der Waals surface area (Å²) in [6.07, 6.45) is 0. The third-order valence-corrected chi connectivity index (χ3v) is 5.83. The van der Waals surface area contributed by atoms with Crippen molar-refractivity contribution in [2.24, 2.45) is 9.98 Å². The van der Waals surface area contributed by atoms with E-state index in [0.717, 1.165) is 23.4 Å². The van der Waals surface area contributed by atoms with Crippen molar-refractivity contribution < 1.29 is 9.37 Å². The molecule has 3 aliphatic heterocycles. The van der Waals surface area contributed by atoms with Crippen molar-refractivity contribution in [1.82, 2.24) is 10.9 Å². The second-order valence-corrected chi connectivity index (χ2v) is 6.96. The molecule has 3 rings (SSSR count). The fourth-order valence-electron chi connectivity index (χ4n) is 2.27. The molecule has 0 bridgehead atoms. The molecular formula is C11H18N6S2+2. The van der Waals surface area contributed by atoms with Gasteiger partial charge in [-0.15, -0.1) is 10.9 Å². The zero-order valence-electron chi connectivity index (χ0n) is 11.5. The van der Waals surface area contributed by atoms with Crippen molar-refractivity contribution in [2.75, 3.05) is 13.1 Å². The number of thioether (sulfide) groups is 2. The molecular weight excluding hydrogens is 280 g/mol. The molecule has 0 aliphatic carbocycles. The van der Waals surface area contributed by atoms with E-state index in [4.69, 9.17) is 0 Å². The highest BCUT2D eigenvalue weighted by molar-refractivity contribution is 8.30. The molecule has 0 aromatic carbocycles. The van der Waals surface area contributed by atoms with Gasteiger partial charge < -0.3 is 0 Å². The van der Waals surface area contributed by atoms with Gasteiger partial charge in [-0.25, -0.2) is 0 Å². The lowest BCUT2D eigenvalue weighted by Crippen LogP contribution is -2.42. The van der Waals surface area contributed by atoms with E-state index < -0.39 is 0 Å². The first-order valence-electron chi connectivity index (χ1n) is 6.40. The van der Waals surface area contributed by atoms with Crippen LogP contribution in [0, 0.1) is 0 Å². The Morgan fingerprint density at radius 3 is 1.74 bits per heavy atom. The number of hydrogen-bond acceptors (Lipinski definition) is 4. The summed E-state index contributed by atoms with van der Waals surface area (Å²) >= 11 is 3.46. The summed E-state index contributed by atoms with van der Waals surface area (Å²) in [7, 11) is 0. The van der Waals surface area contributed by atoms with Crippen LogP contribution in [0.4, 0.5) is 0 Å². The number of aliphatic imine (C=N–C) groups is 2.